The first kappa shape index (κ1) is 17.2. The number of ether oxygens (including phenoxy) is 1. The van der Waals surface area contributed by atoms with E-state index in [-0.39, 0.29) is 30.6 Å². The predicted molar refractivity (Wildman–Crippen MR) is 89.7 cm³/mol. The molecule has 0 aliphatic heterocycles. The summed E-state index contributed by atoms with van der Waals surface area (Å²) in [4.78, 5) is 27.7. The van der Waals surface area contributed by atoms with Gasteiger partial charge in [0.2, 0.25) is 5.82 Å². The molecule has 1 aromatic carbocycles. The fraction of sp³-hybridized carbons (Fsp3) is 0.176. The Kier molecular flexibility index (Phi) is 5.28. The van der Waals surface area contributed by atoms with Gasteiger partial charge >= 0.3 is 11.8 Å². The van der Waals surface area contributed by atoms with Crippen LogP contribution < -0.4 is 15.4 Å². The van der Waals surface area contributed by atoms with Crippen LogP contribution >= 0.6 is 0 Å². The van der Waals surface area contributed by atoms with Crippen LogP contribution in [0, 0.1) is 0 Å². The minimum absolute atomic E-state index is 0.159. The first-order valence-corrected chi connectivity index (χ1v) is 7.75. The molecule has 2 N–H and O–H groups in total. The normalized spacial score (nSPS) is 10.3. The number of methoxy groups -OCH3 is 1. The maximum atomic E-state index is 12.0. The number of rotatable bonds is 7. The van der Waals surface area contributed by atoms with Crippen molar-refractivity contribution in [1.82, 2.24) is 20.8 Å². The van der Waals surface area contributed by atoms with E-state index in [1.807, 2.05) is 0 Å². The fourth-order valence-corrected chi connectivity index (χ4v) is 2.10. The molecule has 0 aliphatic rings. The fourth-order valence-electron chi connectivity index (χ4n) is 2.10. The smallest absolute Gasteiger partial charge is 0.316 e. The van der Waals surface area contributed by atoms with Crippen LogP contribution in [-0.4, -0.2) is 42.2 Å². The van der Waals surface area contributed by atoms with E-state index in [1.54, 1.807) is 43.5 Å². The van der Waals surface area contributed by atoms with Gasteiger partial charge in [-0.2, -0.15) is 4.98 Å². The second-order valence-corrected chi connectivity index (χ2v) is 5.14. The summed E-state index contributed by atoms with van der Waals surface area (Å²) in [6.07, 6.45) is 1.41. The number of carbonyl (C=O) groups excluding carboxylic acids is 2. The van der Waals surface area contributed by atoms with Crippen LogP contribution in [0.1, 0.15) is 21.2 Å². The van der Waals surface area contributed by atoms with Crippen molar-refractivity contribution in [3.05, 3.63) is 54.3 Å². The van der Waals surface area contributed by atoms with Gasteiger partial charge in [-0.15, -0.1) is 0 Å². The number of nitrogens with zero attached hydrogens (tertiary/aromatic N) is 2. The number of hydrogen-bond acceptors (Lipinski definition) is 7. The van der Waals surface area contributed by atoms with Crippen LogP contribution in [0.2, 0.25) is 0 Å². The third-order valence-electron chi connectivity index (χ3n) is 3.41. The molecular weight excluding hydrogens is 340 g/mol. The van der Waals surface area contributed by atoms with Crippen molar-refractivity contribution in [2.24, 2.45) is 0 Å². The molecule has 26 heavy (non-hydrogen) atoms. The lowest BCUT2D eigenvalue weighted by Gasteiger charge is -2.03. The summed E-state index contributed by atoms with van der Waals surface area (Å²) < 4.78 is 15.0. The number of nitrogens with one attached hydrogen (secondary N) is 2. The summed E-state index contributed by atoms with van der Waals surface area (Å²) >= 11 is 0. The molecule has 9 heteroatoms. The van der Waals surface area contributed by atoms with Crippen molar-refractivity contribution >= 4 is 11.8 Å². The molecule has 0 radical (unpaired) electrons. The average Bonchev–Trinajstić information content (AvgIpc) is 3.37. The van der Waals surface area contributed by atoms with Crippen LogP contribution in [0.15, 0.2) is 51.6 Å². The molecule has 0 atom stereocenters. The zero-order valence-corrected chi connectivity index (χ0v) is 13.9. The molecule has 2 heterocycles. The minimum atomic E-state index is -0.524. The highest BCUT2D eigenvalue weighted by Crippen LogP contribution is 2.19. The lowest BCUT2D eigenvalue weighted by molar-refractivity contribution is 0.0891. The Bertz CT molecular complexity index is 871. The van der Waals surface area contributed by atoms with E-state index in [0.29, 0.717) is 17.1 Å². The molecule has 9 nitrogen and oxygen atoms in total. The molecular formula is C17H16N4O5. The van der Waals surface area contributed by atoms with Gasteiger partial charge in [-0.1, -0.05) is 5.16 Å². The number of furan rings is 1. The van der Waals surface area contributed by atoms with Crippen LogP contribution in [0.3, 0.4) is 0 Å². The zero-order chi connectivity index (χ0) is 18.4. The van der Waals surface area contributed by atoms with Gasteiger partial charge in [0.15, 0.2) is 5.76 Å². The van der Waals surface area contributed by atoms with Crippen molar-refractivity contribution < 1.29 is 23.3 Å². The molecule has 3 aromatic rings. The number of aromatic nitrogens is 2. The summed E-state index contributed by atoms with van der Waals surface area (Å²) in [5.74, 6) is 0.162. The van der Waals surface area contributed by atoms with Crippen molar-refractivity contribution in [3.63, 3.8) is 0 Å². The van der Waals surface area contributed by atoms with Crippen molar-refractivity contribution in [1.29, 1.82) is 0 Å². The summed E-state index contributed by atoms with van der Waals surface area (Å²) in [5.41, 5.74) is 0.694. The molecule has 2 amide bonds. The van der Waals surface area contributed by atoms with E-state index in [9.17, 15) is 9.59 Å². The monoisotopic (exact) mass is 356 g/mol. The Morgan fingerprint density at radius 2 is 1.81 bits per heavy atom. The van der Waals surface area contributed by atoms with E-state index in [0.717, 1.165) is 0 Å². The SMILES string of the molecule is COc1ccc(-c2noc(C(=O)NCCNC(=O)c3ccco3)n2)cc1. The molecule has 3 rings (SSSR count). The molecule has 0 bridgehead atoms. The minimum Gasteiger partial charge on any atom is -0.497 e. The van der Waals surface area contributed by atoms with Gasteiger partial charge in [-0.3, -0.25) is 9.59 Å². The second kappa shape index (κ2) is 7.97. The van der Waals surface area contributed by atoms with E-state index in [1.165, 1.54) is 6.26 Å². The van der Waals surface area contributed by atoms with Crippen LogP contribution in [0.25, 0.3) is 11.4 Å². The molecule has 0 saturated heterocycles. The van der Waals surface area contributed by atoms with E-state index < -0.39 is 5.91 Å². The third kappa shape index (κ3) is 4.07. The summed E-state index contributed by atoms with van der Waals surface area (Å²) in [6.45, 7) is 0.427. The number of carbonyl (C=O) groups is 2. The number of amides is 2. The lowest BCUT2D eigenvalue weighted by atomic mass is 10.2. The first-order valence-electron chi connectivity index (χ1n) is 7.75. The lowest BCUT2D eigenvalue weighted by Crippen LogP contribution is -2.34. The molecule has 2 aromatic heterocycles. The van der Waals surface area contributed by atoms with Crippen LogP contribution in [0.5, 0.6) is 5.75 Å². The highest BCUT2D eigenvalue weighted by atomic mass is 16.5. The van der Waals surface area contributed by atoms with Crippen molar-refractivity contribution in [2.75, 3.05) is 20.2 Å². The average molecular weight is 356 g/mol. The molecule has 134 valence electrons. The predicted octanol–water partition coefficient (Wildman–Crippen LogP) is 1.50. The van der Waals surface area contributed by atoms with Gasteiger partial charge in [0.1, 0.15) is 5.75 Å². The van der Waals surface area contributed by atoms with Crippen molar-refractivity contribution in [2.45, 2.75) is 0 Å². The highest BCUT2D eigenvalue weighted by Gasteiger charge is 2.16. The van der Waals surface area contributed by atoms with Crippen LogP contribution in [0.4, 0.5) is 0 Å². The second-order valence-electron chi connectivity index (χ2n) is 5.14. The standard InChI is InChI=1S/C17H16N4O5/c1-24-12-6-4-11(5-7-12)14-20-17(26-21-14)16(23)19-9-8-18-15(22)13-3-2-10-25-13/h2-7,10H,8-9H2,1H3,(H,18,22)(H,19,23). The van der Waals surface area contributed by atoms with E-state index in [4.69, 9.17) is 13.7 Å². The number of benzene rings is 1. The van der Waals surface area contributed by atoms with E-state index >= 15 is 0 Å². The summed E-state index contributed by atoms with van der Waals surface area (Å²) in [7, 11) is 1.57. The van der Waals surface area contributed by atoms with Gasteiger partial charge in [-0.05, 0) is 36.4 Å². The van der Waals surface area contributed by atoms with Crippen LogP contribution in [-0.2, 0) is 0 Å². The van der Waals surface area contributed by atoms with E-state index in [2.05, 4.69) is 20.8 Å². The highest BCUT2D eigenvalue weighted by molar-refractivity contribution is 5.91. The Morgan fingerprint density at radius 3 is 2.46 bits per heavy atom. The van der Waals surface area contributed by atoms with Gasteiger partial charge < -0.3 is 24.3 Å². The first-order chi connectivity index (χ1) is 12.7. The Morgan fingerprint density at radius 1 is 1.08 bits per heavy atom. The molecule has 0 saturated carbocycles. The largest absolute Gasteiger partial charge is 0.497 e. The Balaban J connectivity index is 1.49. The quantitative estimate of drug-likeness (QED) is 0.616. The van der Waals surface area contributed by atoms with Gasteiger partial charge in [0.05, 0.1) is 13.4 Å². The maximum Gasteiger partial charge on any atom is 0.316 e. The Hall–Kier alpha value is -3.62. The van der Waals surface area contributed by atoms with Gasteiger partial charge in [0, 0.05) is 18.7 Å². The molecule has 0 aliphatic carbocycles. The number of hydrogen-bond donors (Lipinski definition) is 2. The van der Waals surface area contributed by atoms with Gasteiger partial charge in [-0.25, -0.2) is 0 Å². The molecule has 0 spiro atoms. The third-order valence-corrected chi connectivity index (χ3v) is 3.41. The topological polar surface area (TPSA) is 119 Å². The summed E-state index contributed by atoms with van der Waals surface area (Å²) in [6, 6.07) is 10.2. The molecule has 0 unspecified atom stereocenters. The Labute approximate surface area is 148 Å². The summed E-state index contributed by atoms with van der Waals surface area (Å²) in [5, 5.41) is 8.97. The zero-order valence-electron chi connectivity index (χ0n) is 13.9. The maximum absolute atomic E-state index is 12.0. The van der Waals surface area contributed by atoms with Gasteiger partial charge in [0.25, 0.3) is 5.91 Å². The molecule has 0 fully saturated rings. The van der Waals surface area contributed by atoms with Crippen molar-refractivity contribution in [3.8, 4) is 17.1 Å².